The molecule has 1 aliphatic rings. The zero-order chi connectivity index (χ0) is 9.97. The van der Waals surface area contributed by atoms with Crippen molar-refractivity contribution in [2.24, 2.45) is 5.92 Å². The van der Waals surface area contributed by atoms with Gasteiger partial charge in [-0.1, -0.05) is 19.9 Å². The predicted molar refractivity (Wildman–Crippen MR) is 57.4 cm³/mol. The van der Waals surface area contributed by atoms with Crippen molar-refractivity contribution in [3.05, 3.63) is 36.4 Å². The Balaban J connectivity index is 2.34. The summed E-state index contributed by atoms with van der Waals surface area (Å²) in [5.41, 5.74) is 2.80. The smallest absolute Gasteiger partial charge is 0.246 e. The molecule has 74 valence electrons. The third-order valence-corrected chi connectivity index (χ3v) is 2.61. The number of hydrogen-bond acceptors (Lipinski definition) is 0. The molecule has 2 nitrogen and oxygen atoms in total. The van der Waals surface area contributed by atoms with E-state index < -0.39 is 0 Å². The lowest BCUT2D eigenvalue weighted by molar-refractivity contribution is -0.578. The van der Waals surface area contributed by atoms with Crippen LogP contribution in [-0.4, -0.2) is 4.98 Å². The average Bonchev–Trinajstić information content (AvgIpc) is 2.70. The summed E-state index contributed by atoms with van der Waals surface area (Å²) in [6.45, 7) is 4.50. The number of imidazole rings is 1. The second kappa shape index (κ2) is 3.82. The molecule has 2 heteroatoms. The van der Waals surface area contributed by atoms with Crippen molar-refractivity contribution >= 4 is 5.70 Å². The first-order valence-electron chi connectivity index (χ1n) is 5.24. The van der Waals surface area contributed by atoms with E-state index in [0.717, 1.165) is 6.42 Å². The quantitative estimate of drug-likeness (QED) is 0.690. The fourth-order valence-corrected chi connectivity index (χ4v) is 1.91. The van der Waals surface area contributed by atoms with Gasteiger partial charge in [0.1, 0.15) is 18.1 Å². The van der Waals surface area contributed by atoms with Gasteiger partial charge in [0, 0.05) is 0 Å². The largest absolute Gasteiger partial charge is 0.250 e. The third kappa shape index (κ3) is 1.65. The Hall–Kier alpha value is -1.31. The van der Waals surface area contributed by atoms with E-state index in [4.69, 9.17) is 0 Å². The maximum absolute atomic E-state index is 3.08. The van der Waals surface area contributed by atoms with Crippen molar-refractivity contribution in [2.45, 2.75) is 26.7 Å². The minimum Gasteiger partial charge on any atom is -0.250 e. The topological polar surface area (TPSA) is 19.7 Å². The van der Waals surface area contributed by atoms with Gasteiger partial charge < -0.3 is 0 Å². The molecule has 0 saturated carbocycles. The van der Waals surface area contributed by atoms with E-state index in [1.54, 1.807) is 0 Å². The van der Waals surface area contributed by atoms with Crippen LogP contribution in [0.1, 0.15) is 26.7 Å². The van der Waals surface area contributed by atoms with Crippen LogP contribution in [0.2, 0.25) is 0 Å². The molecular weight excluding hydrogens is 172 g/mol. The SMILES string of the molecule is CC(C)C1=CCCC=C1[n+]1cc[nH]c1. The van der Waals surface area contributed by atoms with Crippen LogP contribution in [-0.2, 0) is 0 Å². The maximum atomic E-state index is 3.08. The number of rotatable bonds is 2. The zero-order valence-electron chi connectivity index (χ0n) is 8.83. The minimum absolute atomic E-state index is 0.601. The van der Waals surface area contributed by atoms with Gasteiger partial charge in [-0.15, -0.1) is 0 Å². The second-order valence-corrected chi connectivity index (χ2v) is 4.00. The zero-order valence-corrected chi connectivity index (χ0v) is 8.83. The fourth-order valence-electron chi connectivity index (χ4n) is 1.91. The van der Waals surface area contributed by atoms with Crippen LogP contribution in [0.15, 0.2) is 36.4 Å². The van der Waals surface area contributed by atoms with Crippen molar-refractivity contribution in [2.75, 3.05) is 0 Å². The van der Waals surface area contributed by atoms with Gasteiger partial charge in [-0.2, -0.15) is 0 Å². The molecule has 2 rings (SSSR count). The molecule has 0 amide bonds. The second-order valence-electron chi connectivity index (χ2n) is 4.00. The number of hydrogen-bond donors (Lipinski definition) is 1. The highest BCUT2D eigenvalue weighted by Crippen LogP contribution is 2.24. The standard InChI is InChI=1S/C12H16N2/c1-10(2)11-5-3-4-6-12(11)14-8-7-13-9-14/h5-10H,3-4H2,1-2H3/p+1. The monoisotopic (exact) mass is 189 g/mol. The van der Waals surface area contributed by atoms with Gasteiger partial charge in [-0.3, -0.25) is 0 Å². The van der Waals surface area contributed by atoms with Gasteiger partial charge in [0.05, 0.1) is 0 Å². The summed E-state index contributed by atoms with van der Waals surface area (Å²) in [6, 6.07) is 0. The van der Waals surface area contributed by atoms with Crippen molar-refractivity contribution < 1.29 is 4.57 Å². The number of aromatic nitrogens is 2. The third-order valence-electron chi connectivity index (χ3n) is 2.61. The normalized spacial score (nSPS) is 16.8. The van der Waals surface area contributed by atoms with Crippen molar-refractivity contribution in [1.29, 1.82) is 0 Å². The Labute approximate surface area is 85.0 Å². The van der Waals surface area contributed by atoms with E-state index in [-0.39, 0.29) is 0 Å². The van der Waals surface area contributed by atoms with Crippen LogP contribution in [0.5, 0.6) is 0 Å². The van der Waals surface area contributed by atoms with E-state index in [9.17, 15) is 0 Å². The maximum Gasteiger partial charge on any atom is 0.246 e. The Kier molecular flexibility index (Phi) is 2.53. The Bertz CT molecular complexity index is 356. The molecule has 1 heterocycles. The van der Waals surface area contributed by atoms with E-state index in [1.807, 2.05) is 12.5 Å². The van der Waals surface area contributed by atoms with E-state index >= 15 is 0 Å². The van der Waals surface area contributed by atoms with Gasteiger partial charge >= 0.3 is 0 Å². The molecule has 0 fully saturated rings. The van der Waals surface area contributed by atoms with Crippen LogP contribution < -0.4 is 4.57 Å². The van der Waals surface area contributed by atoms with Crippen LogP contribution in [0, 0.1) is 5.92 Å². The first kappa shape index (κ1) is 9.25. The van der Waals surface area contributed by atoms with Gasteiger partial charge in [-0.25, -0.2) is 9.55 Å². The van der Waals surface area contributed by atoms with E-state index in [2.05, 4.69) is 41.7 Å². The molecule has 0 atom stereocenters. The van der Waals surface area contributed by atoms with Gasteiger partial charge in [-0.05, 0) is 30.4 Å². The summed E-state index contributed by atoms with van der Waals surface area (Å²) in [4.78, 5) is 3.08. The minimum atomic E-state index is 0.601. The number of aromatic amines is 1. The number of allylic oxidation sites excluding steroid dienone is 4. The summed E-state index contributed by atoms with van der Waals surface area (Å²) in [6.07, 6.45) is 13.0. The summed E-state index contributed by atoms with van der Waals surface area (Å²) in [5, 5.41) is 0. The molecule has 0 aliphatic heterocycles. The molecule has 0 bridgehead atoms. The highest BCUT2D eigenvalue weighted by Gasteiger charge is 2.17. The Morgan fingerprint density at radius 3 is 2.71 bits per heavy atom. The summed E-state index contributed by atoms with van der Waals surface area (Å²) < 4.78 is 2.16. The Morgan fingerprint density at radius 1 is 1.29 bits per heavy atom. The lowest BCUT2D eigenvalue weighted by atomic mass is 9.94. The van der Waals surface area contributed by atoms with Crippen LogP contribution in [0.4, 0.5) is 0 Å². The lowest BCUT2D eigenvalue weighted by Gasteiger charge is -2.15. The van der Waals surface area contributed by atoms with Gasteiger partial charge in [0.25, 0.3) is 0 Å². The van der Waals surface area contributed by atoms with Crippen LogP contribution >= 0.6 is 0 Å². The van der Waals surface area contributed by atoms with Crippen molar-refractivity contribution in [1.82, 2.24) is 4.98 Å². The highest BCUT2D eigenvalue weighted by molar-refractivity contribution is 5.58. The average molecular weight is 189 g/mol. The lowest BCUT2D eigenvalue weighted by Crippen LogP contribution is -2.32. The van der Waals surface area contributed by atoms with Crippen molar-refractivity contribution in [3.63, 3.8) is 0 Å². The number of nitrogens with zero attached hydrogens (tertiary/aromatic N) is 1. The van der Waals surface area contributed by atoms with Crippen LogP contribution in [0.25, 0.3) is 5.70 Å². The molecule has 0 aromatic carbocycles. The Morgan fingerprint density at radius 2 is 2.07 bits per heavy atom. The first-order valence-corrected chi connectivity index (χ1v) is 5.24. The molecule has 0 unspecified atom stereocenters. The first-order chi connectivity index (χ1) is 6.79. The fraction of sp³-hybridized carbons (Fsp3) is 0.417. The molecule has 0 radical (unpaired) electrons. The number of nitrogens with one attached hydrogen (secondary N) is 1. The van der Waals surface area contributed by atoms with E-state index in [1.165, 1.54) is 17.7 Å². The summed E-state index contributed by atoms with van der Waals surface area (Å²) >= 11 is 0. The molecule has 0 saturated heterocycles. The molecule has 1 aromatic heterocycles. The summed E-state index contributed by atoms with van der Waals surface area (Å²) in [7, 11) is 0. The predicted octanol–water partition coefficient (Wildman–Crippen LogP) is 2.52. The van der Waals surface area contributed by atoms with Crippen LogP contribution in [0.3, 0.4) is 0 Å². The van der Waals surface area contributed by atoms with Gasteiger partial charge in [0.2, 0.25) is 6.33 Å². The highest BCUT2D eigenvalue weighted by atomic mass is 15.0. The van der Waals surface area contributed by atoms with Gasteiger partial charge in [0.15, 0.2) is 0 Å². The van der Waals surface area contributed by atoms with Crippen molar-refractivity contribution in [3.8, 4) is 0 Å². The molecule has 14 heavy (non-hydrogen) atoms. The molecular formula is C12H17N2+. The molecule has 0 spiro atoms. The molecule has 1 N–H and O–H groups in total. The van der Waals surface area contributed by atoms with E-state index in [0.29, 0.717) is 5.92 Å². The number of H-pyrrole nitrogens is 1. The summed E-state index contributed by atoms with van der Waals surface area (Å²) in [5.74, 6) is 0.601. The molecule has 1 aliphatic carbocycles. The molecule has 1 aromatic rings.